The average Bonchev–Trinajstić information content (AvgIpc) is 2.65. The molecule has 2 rings (SSSR count). The van der Waals surface area contributed by atoms with Gasteiger partial charge in [-0.2, -0.15) is 0 Å². The summed E-state index contributed by atoms with van der Waals surface area (Å²) in [7, 11) is 0. The molecule has 0 heterocycles. The predicted molar refractivity (Wildman–Crippen MR) is 61.1 cm³/mol. The maximum atomic E-state index is 13.6. The summed E-state index contributed by atoms with van der Waals surface area (Å²) in [5, 5.41) is 9.30. The molecule has 4 heteroatoms. The largest absolute Gasteiger partial charge is 0.389 e. The molecule has 1 nitrogen and oxygen atoms in total. The van der Waals surface area contributed by atoms with E-state index < -0.39 is 17.7 Å². The van der Waals surface area contributed by atoms with Gasteiger partial charge in [-0.05, 0) is 47.3 Å². The molecule has 0 bridgehead atoms. The van der Waals surface area contributed by atoms with Crippen molar-refractivity contribution in [1.82, 2.24) is 0 Å². The Labute approximate surface area is 101 Å². The molecule has 0 spiro atoms. The Balaban J connectivity index is 2.28. The molecule has 0 aromatic heterocycles. The van der Waals surface area contributed by atoms with Crippen molar-refractivity contribution in [3.8, 4) is 0 Å². The lowest BCUT2D eigenvalue weighted by atomic mass is 10.0. The van der Waals surface area contributed by atoms with Gasteiger partial charge in [-0.3, -0.25) is 0 Å². The van der Waals surface area contributed by atoms with Crippen molar-refractivity contribution in [1.29, 1.82) is 0 Å². The van der Waals surface area contributed by atoms with Gasteiger partial charge in [-0.1, -0.05) is 11.6 Å². The summed E-state index contributed by atoms with van der Waals surface area (Å²) >= 11 is 3.03. The second kappa shape index (κ2) is 4.63. The second-order valence-corrected chi connectivity index (χ2v) is 4.78. The molecular weight excluding hydrogens is 278 g/mol. The van der Waals surface area contributed by atoms with E-state index >= 15 is 0 Å². The Kier molecular flexibility index (Phi) is 3.40. The van der Waals surface area contributed by atoms with Gasteiger partial charge in [-0.15, -0.1) is 0 Å². The van der Waals surface area contributed by atoms with Gasteiger partial charge < -0.3 is 5.11 Å². The highest BCUT2D eigenvalue weighted by Crippen LogP contribution is 2.27. The molecule has 0 radical (unpaired) electrons. The quantitative estimate of drug-likeness (QED) is 0.654. The first-order chi connectivity index (χ1) is 7.58. The Morgan fingerprint density at radius 2 is 2.12 bits per heavy atom. The van der Waals surface area contributed by atoms with Crippen LogP contribution in [0.1, 0.15) is 18.4 Å². The fourth-order valence-electron chi connectivity index (χ4n) is 1.88. The summed E-state index contributed by atoms with van der Waals surface area (Å²) in [4.78, 5) is 0. The maximum Gasteiger partial charge on any atom is 0.143 e. The van der Waals surface area contributed by atoms with Gasteiger partial charge in [0.1, 0.15) is 11.6 Å². The number of aliphatic hydroxyl groups is 1. The fraction of sp³-hybridized carbons (Fsp3) is 0.333. The summed E-state index contributed by atoms with van der Waals surface area (Å²) in [6, 6.07) is 2.60. The molecule has 0 amide bonds. The van der Waals surface area contributed by atoms with Crippen LogP contribution in [0.25, 0.3) is 0 Å². The van der Waals surface area contributed by atoms with Crippen LogP contribution in [0.5, 0.6) is 0 Å². The number of halogens is 3. The van der Waals surface area contributed by atoms with Crippen molar-refractivity contribution in [3.63, 3.8) is 0 Å². The summed E-state index contributed by atoms with van der Waals surface area (Å²) < 4.78 is 27.3. The molecule has 0 fully saturated rings. The Morgan fingerprint density at radius 1 is 1.38 bits per heavy atom. The predicted octanol–water partition coefficient (Wildman–Crippen LogP) is 3.35. The molecular formula is C12H11BrF2O. The molecule has 86 valence electrons. The van der Waals surface area contributed by atoms with Gasteiger partial charge in [0.15, 0.2) is 0 Å². The second-order valence-electron chi connectivity index (χ2n) is 3.93. The van der Waals surface area contributed by atoms with Crippen molar-refractivity contribution < 1.29 is 13.9 Å². The topological polar surface area (TPSA) is 20.2 Å². The average molecular weight is 289 g/mol. The first kappa shape index (κ1) is 11.7. The van der Waals surface area contributed by atoms with Gasteiger partial charge >= 0.3 is 0 Å². The lowest BCUT2D eigenvalue weighted by Gasteiger charge is -2.06. The zero-order valence-corrected chi connectivity index (χ0v) is 10.1. The molecule has 1 aromatic rings. The molecule has 0 aliphatic heterocycles. The van der Waals surface area contributed by atoms with Crippen LogP contribution in [-0.4, -0.2) is 11.2 Å². The minimum absolute atomic E-state index is 0.0646. The van der Waals surface area contributed by atoms with Gasteiger partial charge in [0.2, 0.25) is 0 Å². The van der Waals surface area contributed by atoms with E-state index in [1.54, 1.807) is 6.08 Å². The molecule has 1 aromatic carbocycles. The summed E-state index contributed by atoms with van der Waals surface area (Å²) in [5.41, 5.74) is 0.957. The van der Waals surface area contributed by atoms with E-state index in [0.717, 1.165) is 5.57 Å². The van der Waals surface area contributed by atoms with Crippen LogP contribution in [0.15, 0.2) is 28.3 Å². The Bertz CT molecular complexity index is 443. The van der Waals surface area contributed by atoms with Crippen LogP contribution in [0.4, 0.5) is 8.78 Å². The van der Waals surface area contributed by atoms with Crippen molar-refractivity contribution >= 4 is 15.9 Å². The van der Waals surface area contributed by atoms with Gasteiger partial charge in [0, 0.05) is 5.56 Å². The number of benzene rings is 1. The van der Waals surface area contributed by atoms with Crippen molar-refractivity contribution in [2.24, 2.45) is 0 Å². The molecule has 1 N–H and O–H groups in total. The third-order valence-corrected chi connectivity index (χ3v) is 3.34. The molecule has 1 unspecified atom stereocenters. The molecule has 1 aliphatic rings. The van der Waals surface area contributed by atoms with Crippen LogP contribution in [-0.2, 0) is 6.42 Å². The van der Waals surface area contributed by atoms with Crippen molar-refractivity contribution in [2.75, 3.05) is 0 Å². The number of allylic oxidation sites excluding steroid dienone is 1. The van der Waals surface area contributed by atoms with E-state index in [-0.39, 0.29) is 16.5 Å². The monoisotopic (exact) mass is 288 g/mol. The van der Waals surface area contributed by atoms with Crippen LogP contribution >= 0.6 is 15.9 Å². The van der Waals surface area contributed by atoms with E-state index in [2.05, 4.69) is 15.9 Å². The Hall–Kier alpha value is -0.740. The maximum absolute atomic E-state index is 13.6. The SMILES string of the molecule is OC1C=C(Cc2c(F)ccc(Br)c2F)CC1. The van der Waals surface area contributed by atoms with E-state index in [0.29, 0.717) is 12.8 Å². The number of hydrogen-bond acceptors (Lipinski definition) is 1. The van der Waals surface area contributed by atoms with E-state index in [9.17, 15) is 13.9 Å². The molecule has 16 heavy (non-hydrogen) atoms. The molecule has 1 aliphatic carbocycles. The standard InChI is InChI=1S/C12H11BrF2O/c13-10-3-4-11(14)9(12(10)15)6-7-1-2-8(16)5-7/h3-5,8,16H,1-2,6H2. The van der Waals surface area contributed by atoms with Crippen LogP contribution in [0.3, 0.4) is 0 Å². The number of hydrogen-bond donors (Lipinski definition) is 1. The van der Waals surface area contributed by atoms with Gasteiger partial charge in [0.05, 0.1) is 10.6 Å². The fourth-order valence-corrected chi connectivity index (χ4v) is 2.25. The smallest absolute Gasteiger partial charge is 0.143 e. The minimum atomic E-state index is -0.553. The zero-order valence-electron chi connectivity index (χ0n) is 8.51. The van der Waals surface area contributed by atoms with Gasteiger partial charge in [-0.25, -0.2) is 8.78 Å². The van der Waals surface area contributed by atoms with E-state index in [1.165, 1.54) is 12.1 Å². The lowest BCUT2D eigenvalue weighted by Crippen LogP contribution is -1.98. The van der Waals surface area contributed by atoms with Crippen LogP contribution in [0.2, 0.25) is 0 Å². The Morgan fingerprint density at radius 3 is 2.75 bits per heavy atom. The third-order valence-electron chi connectivity index (χ3n) is 2.73. The van der Waals surface area contributed by atoms with E-state index in [1.807, 2.05) is 0 Å². The molecule has 0 saturated heterocycles. The normalized spacial score (nSPS) is 20.0. The van der Waals surface area contributed by atoms with Crippen molar-refractivity contribution in [3.05, 3.63) is 45.5 Å². The highest BCUT2D eigenvalue weighted by molar-refractivity contribution is 9.10. The number of aliphatic hydroxyl groups excluding tert-OH is 1. The molecule has 0 saturated carbocycles. The first-order valence-corrected chi connectivity index (χ1v) is 5.87. The van der Waals surface area contributed by atoms with Crippen LogP contribution < -0.4 is 0 Å². The third kappa shape index (κ3) is 2.33. The minimum Gasteiger partial charge on any atom is -0.389 e. The first-order valence-electron chi connectivity index (χ1n) is 5.08. The van der Waals surface area contributed by atoms with E-state index in [4.69, 9.17) is 0 Å². The van der Waals surface area contributed by atoms with Crippen molar-refractivity contribution in [2.45, 2.75) is 25.4 Å². The van der Waals surface area contributed by atoms with Crippen LogP contribution in [0, 0.1) is 11.6 Å². The highest BCUT2D eigenvalue weighted by Gasteiger charge is 2.18. The zero-order chi connectivity index (χ0) is 11.7. The highest BCUT2D eigenvalue weighted by atomic mass is 79.9. The summed E-state index contributed by atoms with van der Waals surface area (Å²) in [6.45, 7) is 0. The number of rotatable bonds is 2. The summed E-state index contributed by atoms with van der Waals surface area (Å²) in [5.74, 6) is -1.09. The summed E-state index contributed by atoms with van der Waals surface area (Å²) in [6.07, 6.45) is 2.79. The molecule has 1 atom stereocenters. The van der Waals surface area contributed by atoms with Gasteiger partial charge in [0.25, 0.3) is 0 Å². The lowest BCUT2D eigenvalue weighted by molar-refractivity contribution is 0.223.